The molecular formula is C68H40. The maximum atomic E-state index is 2.68. The van der Waals surface area contributed by atoms with E-state index in [1.165, 1.54) is 163 Å². The van der Waals surface area contributed by atoms with Gasteiger partial charge in [-0.2, -0.15) is 0 Å². The van der Waals surface area contributed by atoms with E-state index in [1.807, 2.05) is 13.8 Å². The molecule has 16 rings (SSSR count). The summed E-state index contributed by atoms with van der Waals surface area (Å²) >= 11 is 0. The van der Waals surface area contributed by atoms with Crippen LogP contribution in [0.1, 0.15) is 13.8 Å². The Hall–Kier alpha value is -8.76. The molecule has 0 spiro atoms. The van der Waals surface area contributed by atoms with Crippen molar-refractivity contribution in [2.75, 3.05) is 0 Å². The van der Waals surface area contributed by atoms with Gasteiger partial charge in [-0.3, -0.25) is 0 Å². The van der Waals surface area contributed by atoms with Gasteiger partial charge >= 0.3 is 0 Å². The Morgan fingerprint density at radius 2 is 0.647 bits per heavy atom. The topological polar surface area (TPSA) is 0 Å². The van der Waals surface area contributed by atoms with E-state index in [0.29, 0.717) is 0 Å². The lowest BCUT2D eigenvalue weighted by atomic mass is 9.87. The number of hydrogen-bond donors (Lipinski definition) is 0. The summed E-state index contributed by atoms with van der Waals surface area (Å²) in [5, 5.41) is 27.1. The first kappa shape index (κ1) is 37.5. The van der Waals surface area contributed by atoms with Crippen molar-refractivity contribution in [3.8, 4) is 67.5 Å². The van der Waals surface area contributed by atoms with Crippen LogP contribution in [0, 0.1) is 11.8 Å². The molecule has 0 heteroatoms. The third-order valence-corrected chi connectivity index (χ3v) is 15.5. The molecule has 68 heavy (non-hydrogen) atoms. The first-order valence-corrected chi connectivity index (χ1v) is 23.8. The summed E-state index contributed by atoms with van der Waals surface area (Å²) in [5.74, 6) is 5.36. The molecule has 15 aromatic rings. The monoisotopic (exact) mass is 856 g/mol. The van der Waals surface area contributed by atoms with Crippen LogP contribution in [0.4, 0.5) is 0 Å². The van der Waals surface area contributed by atoms with E-state index in [9.17, 15) is 0 Å². The van der Waals surface area contributed by atoms with Gasteiger partial charge in [-0.15, -0.1) is 11.8 Å². The largest absolute Gasteiger partial charge is 0.107 e. The zero-order valence-corrected chi connectivity index (χ0v) is 37.6. The van der Waals surface area contributed by atoms with Gasteiger partial charge in [-0.1, -0.05) is 194 Å². The van der Waals surface area contributed by atoms with Crippen LogP contribution in [0.2, 0.25) is 0 Å². The van der Waals surface area contributed by atoms with Crippen molar-refractivity contribution in [2.45, 2.75) is 13.8 Å². The predicted molar refractivity (Wildman–Crippen MR) is 295 cm³/mol. The first-order chi connectivity index (χ1) is 33.7. The van der Waals surface area contributed by atoms with Gasteiger partial charge in [0.15, 0.2) is 0 Å². The van der Waals surface area contributed by atoms with Gasteiger partial charge in [0, 0.05) is 0 Å². The highest BCUT2D eigenvalue weighted by atomic mass is 14.3. The van der Waals surface area contributed by atoms with Crippen LogP contribution in [0.15, 0.2) is 206 Å². The van der Waals surface area contributed by atoms with Crippen molar-refractivity contribution in [3.05, 3.63) is 206 Å². The average Bonchev–Trinajstić information content (AvgIpc) is 4.05. The van der Waals surface area contributed by atoms with Crippen molar-refractivity contribution >= 4 is 108 Å². The molecule has 0 N–H and O–H groups in total. The standard InChI is InChI=1S/C64H34.C4H6/c1-3-13-35(14-4-1)39-18-9-10-19-40(39)38-23-24-42-45-25-26-46-48-29-31-51-60-52(32-30-49(59(48)60)47-27-28-50(53(42)33-38)57(45)58(46)47)63-61-44-22-12-11-21-43(44)56-41-20-8-7-17-37(41)34-54(64(56)61)55(62(51)63)36-15-5-2-6-16-36;1-3-4-2/h1-34H;1-2H3. The average molecular weight is 857 g/mol. The van der Waals surface area contributed by atoms with Crippen molar-refractivity contribution in [2.24, 2.45) is 0 Å². The molecule has 0 heterocycles. The maximum absolute atomic E-state index is 2.68. The Kier molecular flexibility index (Phi) is 7.65. The van der Waals surface area contributed by atoms with Crippen molar-refractivity contribution in [1.29, 1.82) is 0 Å². The zero-order valence-electron chi connectivity index (χ0n) is 37.6. The second-order valence-corrected chi connectivity index (χ2v) is 18.6. The Labute approximate surface area is 393 Å². The third-order valence-electron chi connectivity index (χ3n) is 15.5. The van der Waals surface area contributed by atoms with Crippen LogP contribution in [0.3, 0.4) is 0 Å². The molecule has 0 saturated heterocycles. The molecule has 1 aliphatic carbocycles. The molecule has 1 aliphatic rings. The van der Waals surface area contributed by atoms with Crippen LogP contribution in [-0.4, -0.2) is 0 Å². The van der Waals surface area contributed by atoms with Gasteiger partial charge < -0.3 is 0 Å². The minimum absolute atomic E-state index is 1.24. The summed E-state index contributed by atoms with van der Waals surface area (Å²) in [7, 11) is 0. The molecule has 312 valence electrons. The van der Waals surface area contributed by atoms with E-state index in [1.54, 1.807) is 0 Å². The summed E-state index contributed by atoms with van der Waals surface area (Å²) in [6, 6.07) is 78.0. The van der Waals surface area contributed by atoms with Crippen LogP contribution in [-0.2, 0) is 0 Å². The molecule has 0 atom stereocenters. The third kappa shape index (κ3) is 4.80. The molecule has 0 unspecified atom stereocenters. The molecule has 0 fully saturated rings. The maximum Gasteiger partial charge on any atom is -0.000696 e. The fourth-order valence-electron chi connectivity index (χ4n) is 12.8. The van der Waals surface area contributed by atoms with Gasteiger partial charge in [-0.05, 0) is 189 Å². The highest BCUT2D eigenvalue weighted by Crippen LogP contribution is 2.58. The smallest absolute Gasteiger partial charge is 0.000696 e. The summed E-state index contributed by atoms with van der Waals surface area (Å²) in [4.78, 5) is 0. The predicted octanol–water partition coefficient (Wildman–Crippen LogP) is 19.2. The minimum Gasteiger partial charge on any atom is -0.107 e. The summed E-state index contributed by atoms with van der Waals surface area (Å²) in [6.45, 7) is 3.64. The van der Waals surface area contributed by atoms with Crippen LogP contribution in [0.5, 0.6) is 0 Å². The van der Waals surface area contributed by atoms with E-state index >= 15 is 0 Å². The summed E-state index contributed by atoms with van der Waals surface area (Å²) in [6.07, 6.45) is 0. The molecule has 0 radical (unpaired) electrons. The van der Waals surface area contributed by atoms with Gasteiger partial charge in [0.1, 0.15) is 0 Å². The van der Waals surface area contributed by atoms with E-state index in [4.69, 9.17) is 0 Å². The number of hydrogen-bond acceptors (Lipinski definition) is 0. The Bertz CT molecular complexity index is 4630. The second kappa shape index (κ2) is 13.9. The van der Waals surface area contributed by atoms with Crippen molar-refractivity contribution < 1.29 is 0 Å². The quantitative estimate of drug-likeness (QED) is 0.0943. The highest BCUT2D eigenvalue weighted by Gasteiger charge is 2.29. The molecule has 0 aromatic heterocycles. The Balaban J connectivity index is 0.00000101. The van der Waals surface area contributed by atoms with Gasteiger partial charge in [0.25, 0.3) is 0 Å². The van der Waals surface area contributed by atoms with E-state index in [2.05, 4.69) is 218 Å². The fraction of sp³-hybridized carbons (Fsp3) is 0.0294. The highest BCUT2D eigenvalue weighted by molar-refractivity contribution is 6.52. The molecule has 0 aliphatic heterocycles. The normalized spacial score (nSPS) is 12.1. The lowest BCUT2D eigenvalue weighted by Gasteiger charge is -2.16. The van der Waals surface area contributed by atoms with Crippen LogP contribution < -0.4 is 0 Å². The first-order valence-electron chi connectivity index (χ1n) is 23.8. The van der Waals surface area contributed by atoms with Crippen LogP contribution in [0.25, 0.3) is 163 Å². The molecule has 0 saturated carbocycles. The SMILES string of the molecule is CC#CC.c1ccc(-c2ccccc2-c2ccc3c(c2)-c2ccc4c5ccc6c7c(ccc(c8ccc-3c2c84)c57)c2c(-c3ccccc3)c3cc4ccccc4c4c5ccccc5c(c62)c34)cc1. The Morgan fingerprint density at radius 3 is 1.32 bits per heavy atom. The van der Waals surface area contributed by atoms with Gasteiger partial charge in [0.2, 0.25) is 0 Å². The number of fused-ring (bicyclic) bond motifs is 14. The lowest BCUT2D eigenvalue weighted by Crippen LogP contribution is -1.88. The fourth-order valence-corrected chi connectivity index (χ4v) is 12.8. The molecule has 0 bridgehead atoms. The van der Waals surface area contributed by atoms with Crippen molar-refractivity contribution in [1.82, 2.24) is 0 Å². The van der Waals surface area contributed by atoms with Gasteiger partial charge in [0.05, 0.1) is 0 Å². The minimum atomic E-state index is 1.24. The van der Waals surface area contributed by atoms with Crippen molar-refractivity contribution in [3.63, 3.8) is 0 Å². The van der Waals surface area contributed by atoms with Gasteiger partial charge in [-0.25, -0.2) is 0 Å². The molecule has 15 aromatic carbocycles. The van der Waals surface area contributed by atoms with E-state index in [-0.39, 0.29) is 0 Å². The van der Waals surface area contributed by atoms with E-state index in [0.717, 1.165) is 0 Å². The molecule has 0 amide bonds. The number of benzene rings is 13. The summed E-state index contributed by atoms with van der Waals surface area (Å²) in [5.41, 5.74) is 12.9. The Morgan fingerprint density at radius 1 is 0.221 bits per heavy atom. The number of rotatable bonds is 3. The molecular weight excluding hydrogens is 817 g/mol. The van der Waals surface area contributed by atoms with E-state index < -0.39 is 0 Å². The lowest BCUT2D eigenvalue weighted by molar-refractivity contribution is 1.58. The summed E-state index contributed by atoms with van der Waals surface area (Å²) < 4.78 is 0. The van der Waals surface area contributed by atoms with Crippen LogP contribution >= 0.6 is 0 Å². The second-order valence-electron chi connectivity index (χ2n) is 18.6. The zero-order chi connectivity index (χ0) is 44.8. The molecule has 0 nitrogen and oxygen atoms in total.